The summed E-state index contributed by atoms with van der Waals surface area (Å²) in [7, 11) is 0. The smallest absolute Gasteiger partial charge is 0.409 e. The number of para-hydroxylation sites is 1. The van der Waals surface area contributed by atoms with Gasteiger partial charge in [-0.2, -0.15) is 5.10 Å². The summed E-state index contributed by atoms with van der Waals surface area (Å²) < 4.78 is 12.7. The van der Waals surface area contributed by atoms with Gasteiger partial charge in [-0.25, -0.2) is 9.48 Å². The second-order valence-corrected chi connectivity index (χ2v) is 13.1. The first-order valence-electron chi connectivity index (χ1n) is 17.1. The minimum absolute atomic E-state index is 0.0707. The fraction of sp³-hybridized carbons (Fsp3) is 0.559. The molecular weight excluding hydrogens is 650 g/mol. The van der Waals surface area contributed by atoms with E-state index in [1.165, 1.54) is 20.5 Å². The van der Waals surface area contributed by atoms with Crippen molar-refractivity contribution in [1.82, 2.24) is 35.1 Å². The number of carbonyl (C=O) groups excluding carboxylic acids is 5. The van der Waals surface area contributed by atoms with Crippen LogP contribution in [0.5, 0.6) is 5.88 Å². The third-order valence-electron chi connectivity index (χ3n) is 8.89. The first-order chi connectivity index (χ1) is 23.9. The van der Waals surface area contributed by atoms with Crippen molar-refractivity contribution in [2.24, 2.45) is 0 Å². The van der Waals surface area contributed by atoms with Gasteiger partial charge >= 0.3 is 12.1 Å². The summed E-state index contributed by atoms with van der Waals surface area (Å²) >= 11 is 0. The van der Waals surface area contributed by atoms with Gasteiger partial charge in [0.25, 0.3) is 11.8 Å². The Hall–Kier alpha value is -5.15. The van der Waals surface area contributed by atoms with Gasteiger partial charge in [0.1, 0.15) is 12.1 Å². The van der Waals surface area contributed by atoms with Gasteiger partial charge in [-0.15, -0.1) is 0 Å². The molecule has 50 heavy (non-hydrogen) atoms. The number of nitrogens with zero attached hydrogens (tertiary/aromatic N) is 5. The lowest BCUT2D eigenvalue weighted by Crippen LogP contribution is -2.56. The molecule has 3 heterocycles. The van der Waals surface area contributed by atoms with Crippen LogP contribution in [0.1, 0.15) is 69.8 Å². The Labute approximate surface area is 290 Å². The number of amides is 5. The summed E-state index contributed by atoms with van der Waals surface area (Å²) in [6.07, 6.45) is 2.07. The number of carbonyl (C=O) groups is 6. The SMILES string of the molecule is CCOC(=O)N1CCN(C(=O)C(CCC(=O)O)NC(=O)c2cc(OC(C)(C)C(=O)N3CCCC3C(=O)NC3CC3)n(-c3ccccc3)n2)CC1. The van der Waals surface area contributed by atoms with E-state index in [1.807, 2.05) is 0 Å². The number of rotatable bonds is 13. The summed E-state index contributed by atoms with van der Waals surface area (Å²) in [5.74, 6) is -2.86. The molecule has 16 nitrogen and oxygen atoms in total. The van der Waals surface area contributed by atoms with Crippen LogP contribution in [0.3, 0.4) is 0 Å². The van der Waals surface area contributed by atoms with Crippen LogP contribution >= 0.6 is 0 Å². The van der Waals surface area contributed by atoms with Crippen LogP contribution in [0.2, 0.25) is 0 Å². The number of ether oxygens (including phenoxy) is 2. The molecule has 2 aliphatic heterocycles. The number of piperazine rings is 1. The molecule has 2 unspecified atom stereocenters. The van der Waals surface area contributed by atoms with E-state index in [9.17, 15) is 33.9 Å². The molecule has 16 heteroatoms. The molecule has 2 atom stereocenters. The van der Waals surface area contributed by atoms with Crippen molar-refractivity contribution in [2.75, 3.05) is 39.3 Å². The number of benzene rings is 1. The second-order valence-electron chi connectivity index (χ2n) is 13.1. The minimum Gasteiger partial charge on any atom is -0.481 e. The molecule has 2 saturated heterocycles. The third-order valence-corrected chi connectivity index (χ3v) is 8.89. The molecule has 0 bridgehead atoms. The van der Waals surface area contributed by atoms with Gasteiger partial charge in [0.2, 0.25) is 17.7 Å². The fourth-order valence-electron chi connectivity index (χ4n) is 6.06. The number of aliphatic carboxylic acids is 1. The Balaban J connectivity index is 1.33. The van der Waals surface area contributed by atoms with E-state index in [2.05, 4.69) is 15.7 Å². The van der Waals surface area contributed by atoms with Crippen LogP contribution in [-0.4, -0.2) is 128 Å². The summed E-state index contributed by atoms with van der Waals surface area (Å²) in [5.41, 5.74) is -1.06. The topological polar surface area (TPSA) is 193 Å². The summed E-state index contributed by atoms with van der Waals surface area (Å²) in [6, 6.07) is 8.56. The Morgan fingerprint density at radius 1 is 0.980 bits per heavy atom. The van der Waals surface area contributed by atoms with Crippen molar-refractivity contribution < 1.29 is 43.3 Å². The lowest BCUT2D eigenvalue weighted by Gasteiger charge is -2.35. The van der Waals surface area contributed by atoms with Crippen LogP contribution in [-0.2, 0) is 23.9 Å². The van der Waals surface area contributed by atoms with E-state index < -0.39 is 41.6 Å². The van der Waals surface area contributed by atoms with E-state index in [1.54, 1.807) is 56.0 Å². The zero-order chi connectivity index (χ0) is 36.0. The number of hydrogen-bond donors (Lipinski definition) is 3. The molecule has 270 valence electrons. The van der Waals surface area contributed by atoms with E-state index in [-0.39, 0.29) is 75.1 Å². The third kappa shape index (κ3) is 8.71. The number of carboxylic acids is 1. The normalized spacial score (nSPS) is 18.3. The second kappa shape index (κ2) is 15.6. The van der Waals surface area contributed by atoms with Gasteiger partial charge in [-0.3, -0.25) is 24.0 Å². The molecule has 1 saturated carbocycles. The van der Waals surface area contributed by atoms with Crippen LogP contribution in [0.4, 0.5) is 4.79 Å². The Morgan fingerprint density at radius 3 is 2.30 bits per heavy atom. The molecule has 3 N–H and O–H groups in total. The van der Waals surface area contributed by atoms with Crippen molar-refractivity contribution in [1.29, 1.82) is 0 Å². The molecule has 3 aliphatic rings. The molecule has 1 aromatic carbocycles. The Morgan fingerprint density at radius 2 is 1.66 bits per heavy atom. The summed E-state index contributed by atoms with van der Waals surface area (Å²) in [4.78, 5) is 82.1. The Bertz CT molecular complexity index is 1580. The molecule has 0 spiro atoms. The number of aromatic nitrogens is 2. The first-order valence-corrected chi connectivity index (χ1v) is 17.1. The van der Waals surface area contributed by atoms with Gasteiger partial charge in [0.15, 0.2) is 11.3 Å². The maximum Gasteiger partial charge on any atom is 0.409 e. The predicted molar refractivity (Wildman–Crippen MR) is 177 cm³/mol. The van der Waals surface area contributed by atoms with Gasteiger partial charge in [-0.05, 0) is 65.0 Å². The molecule has 0 radical (unpaired) electrons. The monoisotopic (exact) mass is 695 g/mol. The highest BCUT2D eigenvalue weighted by Gasteiger charge is 2.43. The maximum atomic E-state index is 13.9. The van der Waals surface area contributed by atoms with Gasteiger partial charge in [0.05, 0.1) is 12.3 Å². The van der Waals surface area contributed by atoms with Crippen LogP contribution < -0.4 is 15.4 Å². The lowest BCUT2D eigenvalue weighted by atomic mass is 10.1. The number of carboxylic acid groups (broad SMARTS) is 1. The highest BCUT2D eigenvalue weighted by Crippen LogP contribution is 2.29. The fourth-order valence-corrected chi connectivity index (χ4v) is 6.06. The van der Waals surface area contributed by atoms with Crippen molar-refractivity contribution in [2.45, 2.75) is 83.0 Å². The molecule has 1 aromatic heterocycles. The minimum atomic E-state index is -1.46. The van der Waals surface area contributed by atoms with Crippen molar-refractivity contribution in [3.05, 3.63) is 42.1 Å². The highest BCUT2D eigenvalue weighted by molar-refractivity contribution is 5.97. The van der Waals surface area contributed by atoms with Gasteiger partial charge in [0, 0.05) is 51.3 Å². The zero-order valence-corrected chi connectivity index (χ0v) is 28.6. The van der Waals surface area contributed by atoms with Crippen LogP contribution in [0.15, 0.2) is 36.4 Å². The van der Waals surface area contributed by atoms with E-state index in [4.69, 9.17) is 9.47 Å². The summed E-state index contributed by atoms with van der Waals surface area (Å²) in [6.45, 7) is 6.33. The van der Waals surface area contributed by atoms with Crippen molar-refractivity contribution in [3.8, 4) is 11.6 Å². The average molecular weight is 696 g/mol. The van der Waals surface area contributed by atoms with Crippen molar-refractivity contribution in [3.63, 3.8) is 0 Å². The van der Waals surface area contributed by atoms with Crippen LogP contribution in [0.25, 0.3) is 5.69 Å². The average Bonchev–Trinajstić information content (AvgIpc) is 3.60. The molecule has 2 aromatic rings. The van der Waals surface area contributed by atoms with Gasteiger partial charge in [-0.1, -0.05) is 18.2 Å². The van der Waals surface area contributed by atoms with E-state index in [0.29, 0.717) is 25.1 Å². The quantitative estimate of drug-likeness (QED) is 0.277. The number of likely N-dealkylation sites (tertiary alicyclic amines) is 1. The van der Waals surface area contributed by atoms with Crippen molar-refractivity contribution >= 4 is 35.7 Å². The van der Waals surface area contributed by atoms with Gasteiger partial charge < -0.3 is 39.9 Å². The van der Waals surface area contributed by atoms with Crippen LogP contribution in [0, 0.1) is 0 Å². The first kappa shape index (κ1) is 36.1. The van der Waals surface area contributed by atoms with E-state index in [0.717, 1.165) is 12.8 Å². The summed E-state index contributed by atoms with van der Waals surface area (Å²) in [5, 5.41) is 19.5. The highest BCUT2D eigenvalue weighted by atomic mass is 16.6. The largest absolute Gasteiger partial charge is 0.481 e. The predicted octanol–water partition coefficient (Wildman–Crippen LogP) is 1.56. The maximum absolute atomic E-state index is 13.9. The number of nitrogens with one attached hydrogen (secondary N) is 2. The molecule has 1 aliphatic carbocycles. The molecular formula is C34H45N7O9. The van der Waals surface area contributed by atoms with E-state index >= 15 is 0 Å². The lowest BCUT2D eigenvalue weighted by molar-refractivity contribution is -0.150. The number of hydrogen-bond acceptors (Lipinski definition) is 9. The molecule has 5 rings (SSSR count). The Kier molecular flexibility index (Phi) is 11.3. The molecule has 3 fully saturated rings. The standard InChI is InChI=1S/C34H45N7O9/c1-4-49-33(48)39-19-17-38(18-20-39)31(46)24(14-15-28(42)43)36-29(44)25-21-27(41(37-25)23-9-6-5-7-10-23)50-34(2,3)32(47)40-16-8-11-26(40)30(45)35-22-12-13-22/h5-7,9-10,21-22,24,26H,4,8,11-20H2,1-3H3,(H,35,45)(H,36,44)(H,42,43). The molecule has 5 amide bonds. The zero-order valence-electron chi connectivity index (χ0n) is 28.6.